The Morgan fingerprint density at radius 3 is 2.61 bits per heavy atom. The van der Waals surface area contributed by atoms with E-state index in [1.54, 1.807) is 29.2 Å². The summed E-state index contributed by atoms with van der Waals surface area (Å²) in [6.07, 6.45) is 0.676. The van der Waals surface area contributed by atoms with Crippen LogP contribution in [0, 0.1) is 5.92 Å². The van der Waals surface area contributed by atoms with Crippen molar-refractivity contribution < 1.29 is 22.1 Å². The Morgan fingerprint density at radius 1 is 1.17 bits per heavy atom. The fourth-order valence-electron chi connectivity index (χ4n) is 3.98. The van der Waals surface area contributed by atoms with E-state index in [-0.39, 0.29) is 29.9 Å². The summed E-state index contributed by atoms with van der Waals surface area (Å²) in [5.74, 6) is 0.497. The van der Waals surface area contributed by atoms with Crippen molar-refractivity contribution in [3.05, 3.63) is 42.2 Å². The summed E-state index contributed by atoms with van der Waals surface area (Å²) in [7, 11) is -3.26. The molecule has 9 nitrogen and oxygen atoms in total. The first kappa shape index (κ1) is 24.6. The van der Waals surface area contributed by atoms with Gasteiger partial charge in [-0.25, -0.2) is 22.8 Å². The average Bonchev–Trinajstić information content (AvgIpc) is 3.50. The summed E-state index contributed by atoms with van der Waals surface area (Å²) >= 11 is 1.30. The monoisotopic (exact) mass is 531 g/mol. The normalized spacial score (nSPS) is 18.8. The number of halogens is 1. The van der Waals surface area contributed by atoms with Crippen LogP contribution < -0.4 is 9.64 Å². The maximum atomic E-state index is 14.9. The van der Waals surface area contributed by atoms with Gasteiger partial charge in [-0.3, -0.25) is 0 Å². The van der Waals surface area contributed by atoms with Gasteiger partial charge in [0, 0.05) is 30.2 Å². The Kier molecular flexibility index (Phi) is 6.64. The SMILES string of the molecule is CC(C)c1noc(N2CC[C@@H](COc3nc4ccc(-c5ccc(S(C)(=O)=O)cc5)nc4s3)[C@@H](F)C2)n1. The Morgan fingerprint density at radius 2 is 1.94 bits per heavy atom. The molecule has 0 radical (unpaired) electrons. The van der Waals surface area contributed by atoms with Crippen molar-refractivity contribution in [2.45, 2.75) is 37.3 Å². The largest absolute Gasteiger partial charge is 0.470 e. The Bertz CT molecular complexity index is 1470. The first-order valence-electron chi connectivity index (χ1n) is 11.6. The van der Waals surface area contributed by atoms with Gasteiger partial charge in [-0.2, -0.15) is 4.98 Å². The van der Waals surface area contributed by atoms with Crippen molar-refractivity contribution in [3.8, 4) is 16.5 Å². The number of piperidine rings is 1. The highest BCUT2D eigenvalue weighted by molar-refractivity contribution is 7.90. The molecule has 1 aromatic carbocycles. The van der Waals surface area contributed by atoms with E-state index in [2.05, 4.69) is 20.1 Å². The highest BCUT2D eigenvalue weighted by Crippen LogP contribution is 2.31. The van der Waals surface area contributed by atoms with Gasteiger partial charge in [0.2, 0.25) is 0 Å². The van der Waals surface area contributed by atoms with E-state index < -0.39 is 16.0 Å². The Labute approximate surface area is 212 Å². The van der Waals surface area contributed by atoms with Gasteiger partial charge in [-0.05, 0) is 30.7 Å². The second-order valence-electron chi connectivity index (χ2n) is 9.21. The third-order valence-electron chi connectivity index (χ3n) is 6.13. The van der Waals surface area contributed by atoms with E-state index in [0.29, 0.717) is 46.0 Å². The van der Waals surface area contributed by atoms with Crippen LogP contribution in [0.4, 0.5) is 10.4 Å². The number of alkyl halides is 1. The zero-order valence-electron chi connectivity index (χ0n) is 20.1. The minimum Gasteiger partial charge on any atom is -0.470 e. The molecule has 0 saturated carbocycles. The molecule has 1 aliphatic rings. The van der Waals surface area contributed by atoms with Crippen LogP contribution in [0.15, 0.2) is 45.8 Å². The van der Waals surface area contributed by atoms with Gasteiger partial charge in [0.05, 0.1) is 23.7 Å². The molecule has 0 bridgehead atoms. The smallest absolute Gasteiger partial charge is 0.324 e. The van der Waals surface area contributed by atoms with Crippen molar-refractivity contribution in [3.63, 3.8) is 0 Å². The Balaban J connectivity index is 1.22. The summed E-state index contributed by atoms with van der Waals surface area (Å²) < 4.78 is 49.5. The van der Waals surface area contributed by atoms with Crippen LogP contribution in [0.2, 0.25) is 0 Å². The van der Waals surface area contributed by atoms with Gasteiger partial charge >= 0.3 is 6.01 Å². The second kappa shape index (κ2) is 9.74. The summed E-state index contributed by atoms with van der Waals surface area (Å²) in [5.41, 5.74) is 2.19. The highest BCUT2D eigenvalue weighted by Gasteiger charge is 2.32. The van der Waals surface area contributed by atoms with Crippen LogP contribution in [0.1, 0.15) is 32.0 Å². The molecule has 3 aromatic heterocycles. The van der Waals surface area contributed by atoms with Crippen LogP contribution in [0.5, 0.6) is 5.19 Å². The zero-order valence-corrected chi connectivity index (χ0v) is 21.7. The zero-order chi connectivity index (χ0) is 25.4. The third kappa shape index (κ3) is 5.19. The summed E-state index contributed by atoms with van der Waals surface area (Å²) in [6, 6.07) is 10.6. The first-order valence-corrected chi connectivity index (χ1v) is 14.3. The maximum absolute atomic E-state index is 14.9. The number of benzene rings is 1. The van der Waals surface area contributed by atoms with Gasteiger partial charge in [0.15, 0.2) is 15.7 Å². The van der Waals surface area contributed by atoms with Gasteiger partial charge in [-0.15, -0.1) is 0 Å². The molecule has 4 aromatic rings. The number of thiazole rings is 1. The number of aromatic nitrogens is 4. The standard InChI is InChI=1S/C24H26FN5O4S2/c1-14(2)21-28-23(34-29-21)30-11-10-16(18(25)12-30)13-33-24-27-20-9-8-19(26-22(20)35-24)15-4-6-17(7-5-15)36(3,31)32/h4-9,14,16,18H,10-13H2,1-3H3/t16-,18-/m0/s1. The van der Waals surface area contributed by atoms with Crippen LogP contribution in [0.3, 0.4) is 0 Å². The van der Waals surface area contributed by atoms with Crippen molar-refractivity contribution in [1.29, 1.82) is 0 Å². The number of pyridine rings is 1. The van der Waals surface area contributed by atoms with Gasteiger partial charge < -0.3 is 14.2 Å². The van der Waals surface area contributed by atoms with E-state index in [4.69, 9.17) is 9.26 Å². The van der Waals surface area contributed by atoms with Crippen LogP contribution in [-0.4, -0.2) is 60.7 Å². The van der Waals surface area contributed by atoms with Gasteiger partial charge in [0.1, 0.15) is 16.5 Å². The lowest BCUT2D eigenvalue weighted by Crippen LogP contribution is -2.44. The summed E-state index contributed by atoms with van der Waals surface area (Å²) in [4.78, 5) is 16.2. The van der Waals surface area contributed by atoms with Crippen molar-refractivity contribution >= 4 is 37.5 Å². The molecule has 0 spiro atoms. The molecule has 4 heterocycles. The fourth-order valence-corrected chi connectivity index (χ4v) is 5.40. The molecule has 5 rings (SSSR count). The second-order valence-corrected chi connectivity index (χ2v) is 12.2. The molecular weight excluding hydrogens is 505 g/mol. The topological polar surface area (TPSA) is 111 Å². The molecule has 0 aliphatic carbocycles. The molecule has 0 unspecified atom stereocenters. The molecule has 0 N–H and O–H groups in total. The molecule has 12 heteroatoms. The van der Waals surface area contributed by atoms with Crippen molar-refractivity contribution in [2.75, 3.05) is 30.9 Å². The molecule has 190 valence electrons. The van der Waals surface area contributed by atoms with Gasteiger partial charge in [-0.1, -0.05) is 42.5 Å². The Hall–Kier alpha value is -3.12. The lowest BCUT2D eigenvalue weighted by atomic mass is 9.96. The third-order valence-corrected chi connectivity index (χ3v) is 8.14. The summed E-state index contributed by atoms with van der Waals surface area (Å²) in [5, 5.41) is 4.40. The lowest BCUT2D eigenvalue weighted by Gasteiger charge is -2.32. The van der Waals surface area contributed by atoms with Crippen molar-refractivity contribution in [2.24, 2.45) is 5.92 Å². The molecule has 1 fully saturated rings. The van der Waals surface area contributed by atoms with Crippen molar-refractivity contribution in [1.82, 2.24) is 20.1 Å². The minimum absolute atomic E-state index is 0.148. The van der Waals surface area contributed by atoms with E-state index in [1.165, 1.54) is 17.6 Å². The number of fused-ring (bicyclic) bond motifs is 1. The predicted octanol–water partition coefficient (Wildman–Crippen LogP) is 4.51. The molecule has 0 amide bonds. The summed E-state index contributed by atoms with van der Waals surface area (Å²) in [6.45, 7) is 4.96. The molecule has 36 heavy (non-hydrogen) atoms. The molecule has 2 atom stereocenters. The number of hydrogen-bond acceptors (Lipinski definition) is 10. The quantitative estimate of drug-likeness (QED) is 0.340. The maximum Gasteiger partial charge on any atom is 0.324 e. The number of anilines is 1. The van der Waals surface area contributed by atoms with E-state index >= 15 is 0 Å². The highest BCUT2D eigenvalue weighted by atomic mass is 32.2. The number of ether oxygens (including phenoxy) is 1. The minimum atomic E-state index is -3.26. The number of rotatable bonds is 7. The van der Waals surface area contributed by atoms with Crippen LogP contribution >= 0.6 is 11.3 Å². The van der Waals surface area contributed by atoms with Gasteiger partial charge in [0.25, 0.3) is 5.19 Å². The van der Waals surface area contributed by atoms with E-state index in [0.717, 1.165) is 5.56 Å². The molecular formula is C24H26FN5O4S2. The predicted molar refractivity (Wildman–Crippen MR) is 135 cm³/mol. The number of hydrogen-bond donors (Lipinski definition) is 0. The van der Waals surface area contributed by atoms with E-state index in [9.17, 15) is 12.8 Å². The van der Waals surface area contributed by atoms with Crippen LogP contribution in [-0.2, 0) is 9.84 Å². The van der Waals surface area contributed by atoms with E-state index in [1.807, 2.05) is 26.0 Å². The molecule has 1 aliphatic heterocycles. The first-order chi connectivity index (χ1) is 17.2. The molecule has 1 saturated heterocycles. The van der Waals surface area contributed by atoms with Crippen LogP contribution in [0.25, 0.3) is 21.6 Å². The average molecular weight is 532 g/mol. The number of nitrogens with zero attached hydrogens (tertiary/aromatic N) is 5. The number of sulfone groups is 1. The lowest BCUT2D eigenvalue weighted by molar-refractivity contribution is 0.130. The fraction of sp³-hybridized carbons (Fsp3) is 0.417.